The maximum absolute atomic E-state index is 13.1. The summed E-state index contributed by atoms with van der Waals surface area (Å²) in [6.07, 6.45) is -6.39. The molecule has 5 aromatic rings. The van der Waals surface area contributed by atoms with Gasteiger partial charge in [0.1, 0.15) is 12.9 Å². The Bertz CT molecular complexity index is 1730. The lowest BCUT2D eigenvalue weighted by Gasteiger charge is -2.15. The van der Waals surface area contributed by atoms with Crippen LogP contribution in [0.1, 0.15) is 16.2 Å². The molecule has 10 nitrogen and oxygen atoms in total. The second-order valence-electron chi connectivity index (χ2n) is 8.88. The number of amides is 1. The van der Waals surface area contributed by atoms with Gasteiger partial charge in [0.15, 0.2) is 17.8 Å². The number of nitrogens with one attached hydrogen (secondary N) is 1. The fraction of sp³-hybridized carbons (Fsp3) is 0.148. The number of hydrogen-bond donors (Lipinski definition) is 2. The molecule has 2 heterocycles. The van der Waals surface area contributed by atoms with Gasteiger partial charge in [0.05, 0.1) is 17.8 Å². The van der Waals surface area contributed by atoms with Crippen LogP contribution < -0.4 is 11.0 Å². The van der Waals surface area contributed by atoms with E-state index < -0.39 is 24.5 Å². The number of aliphatic hydroxyl groups excluding tert-OH is 1. The van der Waals surface area contributed by atoms with E-state index in [-0.39, 0.29) is 24.1 Å². The van der Waals surface area contributed by atoms with Crippen molar-refractivity contribution in [2.45, 2.75) is 25.4 Å². The van der Waals surface area contributed by atoms with Gasteiger partial charge >= 0.3 is 11.9 Å². The van der Waals surface area contributed by atoms with Crippen LogP contribution in [0.4, 0.5) is 18.9 Å². The van der Waals surface area contributed by atoms with E-state index in [9.17, 15) is 27.9 Å². The Morgan fingerprint density at radius 3 is 2.37 bits per heavy atom. The lowest BCUT2D eigenvalue weighted by molar-refractivity contribution is -0.207. The predicted molar refractivity (Wildman–Crippen MR) is 144 cm³/mol. The molecule has 0 aliphatic carbocycles. The smallest absolute Gasteiger partial charge is 0.382 e. The molecule has 5 rings (SSSR count). The normalized spacial score (nSPS) is 12.3. The Labute approximate surface area is 235 Å². The summed E-state index contributed by atoms with van der Waals surface area (Å²) in [5, 5.41) is 21.4. The van der Waals surface area contributed by atoms with Crippen LogP contribution in [0.2, 0.25) is 5.02 Å². The van der Waals surface area contributed by atoms with E-state index >= 15 is 0 Å². The van der Waals surface area contributed by atoms with Gasteiger partial charge in [0, 0.05) is 16.3 Å². The summed E-state index contributed by atoms with van der Waals surface area (Å²) in [4.78, 5) is 30.3. The largest absolute Gasteiger partial charge is 0.416 e. The quantitative estimate of drug-likeness (QED) is 0.283. The number of alkyl halides is 3. The van der Waals surface area contributed by atoms with Gasteiger partial charge < -0.3 is 10.4 Å². The van der Waals surface area contributed by atoms with Gasteiger partial charge in [-0.15, -0.1) is 10.2 Å². The number of para-hydroxylation sites is 2. The summed E-state index contributed by atoms with van der Waals surface area (Å²) in [6.45, 7) is -1.36. The van der Waals surface area contributed by atoms with E-state index in [1.165, 1.54) is 35.3 Å². The van der Waals surface area contributed by atoms with Crippen molar-refractivity contribution in [2.75, 3.05) is 5.32 Å². The first-order valence-electron chi connectivity index (χ1n) is 12.1. The highest BCUT2D eigenvalue weighted by Gasteiger charge is 2.39. The van der Waals surface area contributed by atoms with Crippen molar-refractivity contribution >= 4 is 23.2 Å². The third-order valence-electron chi connectivity index (χ3n) is 6.02. The number of carbonyl (C=O) groups is 1. The molecule has 0 bridgehead atoms. The molecule has 2 N–H and O–H groups in total. The van der Waals surface area contributed by atoms with Crippen LogP contribution in [0.25, 0.3) is 17.1 Å². The highest BCUT2D eigenvalue weighted by Crippen LogP contribution is 2.24. The van der Waals surface area contributed by atoms with Gasteiger partial charge in [0.2, 0.25) is 0 Å². The molecule has 1 atom stereocenters. The Morgan fingerprint density at radius 1 is 0.976 bits per heavy atom. The van der Waals surface area contributed by atoms with E-state index in [2.05, 4.69) is 20.5 Å². The Morgan fingerprint density at radius 2 is 1.66 bits per heavy atom. The van der Waals surface area contributed by atoms with Crippen LogP contribution in [0.5, 0.6) is 0 Å². The molecule has 1 unspecified atom stereocenters. The number of carbonyl (C=O) groups excluding carboxylic acids is 1. The maximum atomic E-state index is 13.1. The second kappa shape index (κ2) is 11.4. The number of aliphatic hydroxyl groups is 1. The average molecular weight is 584 g/mol. The Hall–Kier alpha value is -4.75. The summed E-state index contributed by atoms with van der Waals surface area (Å²) < 4.78 is 42.4. The second-order valence-corrected chi connectivity index (χ2v) is 9.32. The lowest BCUT2D eigenvalue weighted by atomic mass is 10.1. The van der Waals surface area contributed by atoms with E-state index in [1.54, 1.807) is 48.5 Å². The maximum Gasteiger partial charge on any atom is 0.416 e. The summed E-state index contributed by atoms with van der Waals surface area (Å²) in [5.74, 6) is -0.374. The van der Waals surface area contributed by atoms with Crippen LogP contribution in [-0.4, -0.2) is 52.4 Å². The molecule has 0 spiro atoms. The van der Waals surface area contributed by atoms with Gasteiger partial charge in [-0.3, -0.25) is 9.36 Å². The lowest BCUT2D eigenvalue weighted by Crippen LogP contribution is -2.37. The zero-order valence-corrected chi connectivity index (χ0v) is 21.8. The van der Waals surface area contributed by atoms with Gasteiger partial charge in [-0.2, -0.15) is 13.2 Å². The number of aromatic nitrogens is 6. The number of rotatable bonds is 8. The highest BCUT2D eigenvalue weighted by molar-refractivity contribution is 6.30. The van der Waals surface area contributed by atoms with Crippen molar-refractivity contribution in [1.29, 1.82) is 0 Å². The molecular weight excluding hydrogens is 563 g/mol. The zero-order valence-electron chi connectivity index (χ0n) is 21.0. The molecule has 41 heavy (non-hydrogen) atoms. The number of nitrogens with zero attached hydrogens (tertiary/aromatic N) is 6. The first-order chi connectivity index (χ1) is 19.6. The molecule has 0 aliphatic heterocycles. The number of benzene rings is 3. The average Bonchev–Trinajstić information content (AvgIpc) is 3.54. The molecule has 210 valence electrons. The van der Waals surface area contributed by atoms with Crippen molar-refractivity contribution in [1.82, 2.24) is 29.1 Å². The number of anilines is 1. The van der Waals surface area contributed by atoms with E-state index in [4.69, 9.17) is 11.6 Å². The minimum absolute atomic E-state index is 0.0997. The highest BCUT2D eigenvalue weighted by atomic mass is 35.5. The van der Waals surface area contributed by atoms with Gasteiger partial charge in [-0.05, 0) is 48.5 Å². The van der Waals surface area contributed by atoms with Crippen molar-refractivity contribution in [3.8, 4) is 17.1 Å². The fourth-order valence-electron chi connectivity index (χ4n) is 4.00. The standard InChI is InChI=1S/C27H21ClF3N7O3/c28-18-12-10-17(11-13-18)24-35-37(26(41)36(24)14-22(39)27(29,30)31)15-23-32-16-38(34-23)21-9-5-4-8-20(21)25(40)33-19-6-2-1-3-7-19/h1-13,16,22,39H,14-15H2,(H,33,40). The first kappa shape index (κ1) is 27.8. The Balaban J connectivity index is 1.45. The minimum atomic E-state index is -4.95. The molecule has 0 radical (unpaired) electrons. The number of halogens is 4. The van der Waals surface area contributed by atoms with E-state index in [0.29, 0.717) is 27.5 Å². The molecule has 3 aromatic carbocycles. The van der Waals surface area contributed by atoms with E-state index in [0.717, 1.165) is 9.25 Å². The SMILES string of the molecule is O=C(Nc1ccccc1)c1ccccc1-n1cnc(Cn2nc(-c3ccc(Cl)cc3)n(CC(O)C(F)(F)F)c2=O)n1. The molecule has 14 heteroatoms. The summed E-state index contributed by atoms with van der Waals surface area (Å²) >= 11 is 5.92. The van der Waals surface area contributed by atoms with E-state index in [1.807, 2.05) is 6.07 Å². The molecule has 0 saturated carbocycles. The van der Waals surface area contributed by atoms with Crippen molar-refractivity contribution in [2.24, 2.45) is 0 Å². The molecule has 2 aromatic heterocycles. The van der Waals surface area contributed by atoms with Crippen LogP contribution in [0, 0.1) is 0 Å². The summed E-state index contributed by atoms with van der Waals surface area (Å²) in [7, 11) is 0. The first-order valence-corrected chi connectivity index (χ1v) is 12.5. The molecule has 0 saturated heterocycles. The minimum Gasteiger partial charge on any atom is -0.382 e. The van der Waals surface area contributed by atoms with Crippen LogP contribution in [0.3, 0.4) is 0 Å². The van der Waals surface area contributed by atoms with Crippen LogP contribution >= 0.6 is 11.6 Å². The summed E-state index contributed by atoms with van der Waals surface area (Å²) in [6, 6.07) is 21.6. The molecule has 1 amide bonds. The van der Waals surface area contributed by atoms with Crippen molar-refractivity contribution in [3.63, 3.8) is 0 Å². The zero-order chi connectivity index (χ0) is 29.1. The predicted octanol–water partition coefficient (Wildman–Crippen LogP) is 4.17. The van der Waals surface area contributed by atoms with Crippen molar-refractivity contribution in [3.05, 3.63) is 112 Å². The molecular formula is C27H21ClF3N7O3. The Kier molecular flexibility index (Phi) is 7.72. The third kappa shape index (κ3) is 6.21. The number of hydrogen-bond acceptors (Lipinski definition) is 6. The van der Waals surface area contributed by atoms with Crippen molar-refractivity contribution < 1.29 is 23.1 Å². The topological polar surface area (TPSA) is 120 Å². The molecule has 0 fully saturated rings. The van der Waals surface area contributed by atoms with Gasteiger partial charge in [-0.25, -0.2) is 19.1 Å². The molecule has 0 aliphatic rings. The van der Waals surface area contributed by atoms with Gasteiger partial charge in [-0.1, -0.05) is 41.9 Å². The van der Waals surface area contributed by atoms with Crippen LogP contribution in [-0.2, 0) is 13.1 Å². The summed E-state index contributed by atoms with van der Waals surface area (Å²) in [5.41, 5.74) is 0.732. The fourth-order valence-corrected chi connectivity index (χ4v) is 4.13. The monoisotopic (exact) mass is 583 g/mol. The van der Waals surface area contributed by atoms with Crippen LogP contribution in [0.15, 0.2) is 90.0 Å². The van der Waals surface area contributed by atoms with Gasteiger partial charge in [0.25, 0.3) is 5.91 Å². The third-order valence-corrected chi connectivity index (χ3v) is 6.27.